The van der Waals surface area contributed by atoms with Crippen molar-refractivity contribution < 1.29 is 17.9 Å². The van der Waals surface area contributed by atoms with Gasteiger partial charge in [0.25, 0.3) is 10.0 Å². The number of carbonyl (C=O) groups excluding carboxylic acids is 1. The van der Waals surface area contributed by atoms with Gasteiger partial charge < -0.3 is 9.64 Å². The van der Waals surface area contributed by atoms with Gasteiger partial charge in [0.05, 0.1) is 22.8 Å². The number of carbonyl (C=O) groups is 1. The van der Waals surface area contributed by atoms with E-state index in [1.807, 2.05) is 26.8 Å². The Morgan fingerprint density at radius 3 is 2.21 bits per heavy atom. The summed E-state index contributed by atoms with van der Waals surface area (Å²) >= 11 is 0. The summed E-state index contributed by atoms with van der Waals surface area (Å²) in [7, 11) is -3.78. The molecule has 156 valence electrons. The number of benzene rings is 2. The summed E-state index contributed by atoms with van der Waals surface area (Å²) in [6.45, 7) is 6.92. The molecule has 0 N–H and O–H groups in total. The van der Waals surface area contributed by atoms with E-state index in [1.165, 1.54) is 4.31 Å². The van der Waals surface area contributed by atoms with Gasteiger partial charge in [0.15, 0.2) is 0 Å². The van der Waals surface area contributed by atoms with E-state index in [1.54, 1.807) is 53.4 Å². The number of nitrogens with zero attached hydrogens (tertiary/aromatic N) is 2. The predicted molar refractivity (Wildman–Crippen MR) is 113 cm³/mol. The number of morpholine rings is 1. The molecule has 3 rings (SSSR count). The summed E-state index contributed by atoms with van der Waals surface area (Å²) in [5.74, 6) is -0.0629. The number of amides is 1. The molecule has 0 spiro atoms. The molecule has 0 unspecified atom stereocenters. The lowest BCUT2D eigenvalue weighted by Gasteiger charge is -2.35. The second kappa shape index (κ2) is 8.97. The van der Waals surface area contributed by atoms with Crippen LogP contribution in [0.1, 0.15) is 25.8 Å². The SMILES string of the molecule is Cc1ccc(S(=O)(=O)N(CCC(=O)N2C[C@@H](C)O[C@H](C)C2)c2ccccc2)cc1. The number of aryl methyl sites for hydroxylation is 1. The van der Waals surface area contributed by atoms with E-state index in [0.29, 0.717) is 18.8 Å². The van der Waals surface area contributed by atoms with Crippen LogP contribution >= 0.6 is 0 Å². The molecule has 2 aromatic rings. The maximum atomic E-state index is 13.3. The molecule has 0 aromatic heterocycles. The van der Waals surface area contributed by atoms with Crippen molar-refractivity contribution in [3.05, 3.63) is 60.2 Å². The van der Waals surface area contributed by atoms with Gasteiger partial charge >= 0.3 is 0 Å². The Bertz CT molecular complexity index is 919. The highest BCUT2D eigenvalue weighted by atomic mass is 32.2. The van der Waals surface area contributed by atoms with Crippen LogP contribution in [0.3, 0.4) is 0 Å². The van der Waals surface area contributed by atoms with Crippen LogP contribution in [0.4, 0.5) is 5.69 Å². The van der Waals surface area contributed by atoms with Gasteiger partial charge in [0.1, 0.15) is 0 Å². The molecular formula is C22H28N2O4S. The molecule has 1 heterocycles. The van der Waals surface area contributed by atoms with Crippen molar-refractivity contribution in [1.82, 2.24) is 4.90 Å². The second-order valence-electron chi connectivity index (χ2n) is 7.53. The Hall–Kier alpha value is -2.38. The summed E-state index contributed by atoms with van der Waals surface area (Å²) in [6, 6.07) is 15.7. The monoisotopic (exact) mass is 416 g/mol. The third kappa shape index (κ3) is 5.16. The lowest BCUT2D eigenvalue weighted by molar-refractivity contribution is -0.142. The van der Waals surface area contributed by atoms with Crippen LogP contribution in [-0.2, 0) is 19.6 Å². The molecule has 0 bridgehead atoms. The lowest BCUT2D eigenvalue weighted by atomic mass is 10.2. The van der Waals surface area contributed by atoms with Gasteiger partial charge in [-0.1, -0.05) is 35.9 Å². The smallest absolute Gasteiger partial charge is 0.264 e. The van der Waals surface area contributed by atoms with Gasteiger partial charge in [-0.25, -0.2) is 8.42 Å². The first-order valence-corrected chi connectivity index (χ1v) is 11.3. The normalized spacial score (nSPS) is 19.8. The summed E-state index contributed by atoms with van der Waals surface area (Å²) in [5, 5.41) is 0. The highest BCUT2D eigenvalue weighted by molar-refractivity contribution is 7.92. The molecular weight excluding hydrogens is 388 g/mol. The number of hydrogen-bond acceptors (Lipinski definition) is 4. The number of hydrogen-bond donors (Lipinski definition) is 0. The van der Waals surface area contributed by atoms with Crippen molar-refractivity contribution in [3.8, 4) is 0 Å². The lowest BCUT2D eigenvalue weighted by Crippen LogP contribution is -2.49. The molecule has 1 aliphatic heterocycles. The predicted octanol–water partition coefficient (Wildman–Crippen LogP) is 3.22. The first kappa shape index (κ1) is 21.3. The largest absolute Gasteiger partial charge is 0.372 e. The van der Waals surface area contributed by atoms with Gasteiger partial charge in [0.2, 0.25) is 5.91 Å². The Morgan fingerprint density at radius 1 is 1.03 bits per heavy atom. The van der Waals surface area contributed by atoms with E-state index in [4.69, 9.17) is 4.74 Å². The summed E-state index contributed by atoms with van der Waals surface area (Å²) in [4.78, 5) is 14.8. The van der Waals surface area contributed by atoms with Crippen LogP contribution in [0.25, 0.3) is 0 Å². The first-order chi connectivity index (χ1) is 13.8. The third-order valence-electron chi connectivity index (χ3n) is 4.95. The van der Waals surface area contributed by atoms with Crippen molar-refractivity contribution >= 4 is 21.6 Å². The van der Waals surface area contributed by atoms with E-state index in [9.17, 15) is 13.2 Å². The van der Waals surface area contributed by atoms with Crippen LogP contribution in [-0.4, -0.2) is 51.1 Å². The van der Waals surface area contributed by atoms with E-state index in [2.05, 4.69) is 0 Å². The number of anilines is 1. The van der Waals surface area contributed by atoms with Gasteiger partial charge in [0, 0.05) is 26.1 Å². The van der Waals surface area contributed by atoms with Crippen LogP contribution in [0.15, 0.2) is 59.5 Å². The molecule has 1 fully saturated rings. The van der Waals surface area contributed by atoms with Crippen LogP contribution in [0, 0.1) is 6.92 Å². The topological polar surface area (TPSA) is 66.9 Å². The Labute approximate surface area is 173 Å². The molecule has 0 saturated carbocycles. The highest BCUT2D eigenvalue weighted by Crippen LogP contribution is 2.24. The van der Waals surface area contributed by atoms with Crippen molar-refractivity contribution in [3.63, 3.8) is 0 Å². The molecule has 6 nitrogen and oxygen atoms in total. The number of sulfonamides is 1. The minimum absolute atomic E-state index is 0.0239. The van der Waals surface area contributed by atoms with Gasteiger partial charge in [-0.3, -0.25) is 9.10 Å². The Kier molecular flexibility index (Phi) is 6.59. The molecule has 1 aliphatic rings. The molecule has 29 heavy (non-hydrogen) atoms. The minimum Gasteiger partial charge on any atom is -0.372 e. The zero-order chi connectivity index (χ0) is 21.0. The molecule has 7 heteroatoms. The summed E-state index contributed by atoms with van der Waals surface area (Å²) < 4.78 is 33.6. The molecule has 0 aliphatic carbocycles. The van der Waals surface area contributed by atoms with E-state index < -0.39 is 10.0 Å². The zero-order valence-electron chi connectivity index (χ0n) is 17.1. The fraction of sp³-hybridized carbons (Fsp3) is 0.409. The number of rotatable bonds is 6. The first-order valence-electron chi connectivity index (χ1n) is 9.85. The molecule has 0 radical (unpaired) electrons. The molecule has 1 saturated heterocycles. The van der Waals surface area contributed by atoms with Crippen molar-refractivity contribution in [2.75, 3.05) is 23.9 Å². The average Bonchev–Trinajstić information content (AvgIpc) is 2.68. The fourth-order valence-corrected chi connectivity index (χ4v) is 5.02. The molecule has 2 aromatic carbocycles. The standard InChI is InChI=1S/C22H28N2O4S/c1-17-9-11-21(12-10-17)29(26,27)24(20-7-5-4-6-8-20)14-13-22(25)23-15-18(2)28-19(3)16-23/h4-12,18-19H,13-16H2,1-3H3/t18-,19-/m1/s1. The second-order valence-corrected chi connectivity index (χ2v) is 9.39. The Balaban J connectivity index is 1.81. The van der Waals surface area contributed by atoms with Gasteiger partial charge in [-0.15, -0.1) is 0 Å². The average molecular weight is 417 g/mol. The highest BCUT2D eigenvalue weighted by Gasteiger charge is 2.29. The van der Waals surface area contributed by atoms with E-state index in [0.717, 1.165) is 5.56 Å². The van der Waals surface area contributed by atoms with Crippen LogP contribution < -0.4 is 4.31 Å². The number of ether oxygens (including phenoxy) is 1. The fourth-order valence-electron chi connectivity index (χ4n) is 3.56. The number of para-hydroxylation sites is 1. The maximum Gasteiger partial charge on any atom is 0.264 e. The maximum absolute atomic E-state index is 13.3. The van der Waals surface area contributed by atoms with Crippen molar-refractivity contribution in [1.29, 1.82) is 0 Å². The van der Waals surface area contributed by atoms with Gasteiger partial charge in [-0.2, -0.15) is 0 Å². The van der Waals surface area contributed by atoms with Crippen LogP contribution in [0.2, 0.25) is 0 Å². The summed E-state index contributed by atoms with van der Waals surface area (Å²) in [5.41, 5.74) is 1.53. The molecule has 1 amide bonds. The van der Waals surface area contributed by atoms with Crippen molar-refractivity contribution in [2.45, 2.75) is 44.3 Å². The van der Waals surface area contributed by atoms with Crippen LogP contribution in [0.5, 0.6) is 0 Å². The minimum atomic E-state index is -3.78. The summed E-state index contributed by atoms with van der Waals surface area (Å²) in [6.07, 6.45) is 0.0628. The zero-order valence-corrected chi connectivity index (χ0v) is 17.9. The van der Waals surface area contributed by atoms with E-state index in [-0.39, 0.29) is 36.0 Å². The van der Waals surface area contributed by atoms with Gasteiger partial charge in [-0.05, 0) is 45.0 Å². The Morgan fingerprint density at radius 2 is 1.62 bits per heavy atom. The quantitative estimate of drug-likeness (QED) is 0.725. The third-order valence-corrected chi connectivity index (χ3v) is 6.80. The molecule has 2 atom stereocenters. The van der Waals surface area contributed by atoms with E-state index >= 15 is 0 Å². The van der Waals surface area contributed by atoms with Crippen molar-refractivity contribution in [2.24, 2.45) is 0 Å².